The molecule has 0 atom stereocenters. The van der Waals surface area contributed by atoms with Crippen molar-refractivity contribution in [2.45, 2.75) is 5.75 Å². The summed E-state index contributed by atoms with van der Waals surface area (Å²) >= 11 is 0. The number of hydrogen-bond donors (Lipinski definition) is 2. The molecule has 1 aromatic rings. The molecule has 6 heteroatoms. The Labute approximate surface area is 94.0 Å². The number of nitrogens with two attached hydrogens (primary N) is 1. The van der Waals surface area contributed by atoms with E-state index in [1.807, 2.05) is 4.72 Å². The van der Waals surface area contributed by atoms with Crippen molar-refractivity contribution >= 4 is 15.9 Å². The van der Waals surface area contributed by atoms with Crippen LogP contribution in [0.1, 0.15) is 5.56 Å². The van der Waals surface area contributed by atoms with Crippen molar-refractivity contribution in [3.05, 3.63) is 48.2 Å². The average molecular weight is 240 g/mol. The molecule has 0 saturated heterocycles. The smallest absolute Gasteiger partial charge is 0.265 e. The van der Waals surface area contributed by atoms with E-state index in [4.69, 9.17) is 5.73 Å². The number of amides is 1. The van der Waals surface area contributed by atoms with Gasteiger partial charge in [-0.25, -0.2) is 8.42 Å². The first-order chi connectivity index (χ1) is 7.41. The lowest BCUT2D eigenvalue weighted by molar-refractivity contribution is -0.114. The van der Waals surface area contributed by atoms with E-state index in [1.54, 1.807) is 30.3 Å². The van der Waals surface area contributed by atoms with Crippen molar-refractivity contribution in [2.24, 2.45) is 5.73 Å². The van der Waals surface area contributed by atoms with Crippen LogP contribution < -0.4 is 10.5 Å². The molecule has 0 fully saturated rings. The zero-order valence-electron chi connectivity index (χ0n) is 8.51. The van der Waals surface area contributed by atoms with Crippen LogP contribution in [0.4, 0.5) is 0 Å². The quantitative estimate of drug-likeness (QED) is 0.715. The SMILES string of the molecule is C=C(NS(=O)(=O)Cc1ccccc1)C(N)=O. The van der Waals surface area contributed by atoms with Gasteiger partial charge in [-0.1, -0.05) is 36.9 Å². The molecule has 86 valence electrons. The van der Waals surface area contributed by atoms with Gasteiger partial charge in [0.1, 0.15) is 5.70 Å². The minimum Gasteiger partial charge on any atom is -0.364 e. The lowest BCUT2D eigenvalue weighted by Crippen LogP contribution is -2.31. The molecular weight excluding hydrogens is 228 g/mol. The third-order valence-corrected chi connectivity index (χ3v) is 3.05. The molecule has 16 heavy (non-hydrogen) atoms. The molecule has 1 rings (SSSR count). The maximum atomic E-state index is 11.5. The Bertz CT molecular complexity index is 494. The van der Waals surface area contributed by atoms with E-state index < -0.39 is 15.9 Å². The van der Waals surface area contributed by atoms with Crippen LogP contribution in [0.15, 0.2) is 42.6 Å². The predicted molar refractivity (Wildman–Crippen MR) is 60.5 cm³/mol. The highest BCUT2D eigenvalue weighted by molar-refractivity contribution is 7.88. The largest absolute Gasteiger partial charge is 0.364 e. The highest BCUT2D eigenvalue weighted by Crippen LogP contribution is 2.04. The summed E-state index contributed by atoms with van der Waals surface area (Å²) in [4.78, 5) is 10.6. The van der Waals surface area contributed by atoms with Crippen LogP contribution in [-0.4, -0.2) is 14.3 Å². The summed E-state index contributed by atoms with van der Waals surface area (Å²) in [5.41, 5.74) is 5.15. The van der Waals surface area contributed by atoms with Gasteiger partial charge in [0.15, 0.2) is 0 Å². The number of primary amides is 1. The maximum absolute atomic E-state index is 11.5. The second kappa shape index (κ2) is 4.80. The zero-order valence-corrected chi connectivity index (χ0v) is 9.33. The highest BCUT2D eigenvalue weighted by atomic mass is 32.2. The van der Waals surface area contributed by atoms with Crippen LogP contribution in [0.2, 0.25) is 0 Å². The molecule has 0 aliphatic rings. The van der Waals surface area contributed by atoms with Gasteiger partial charge in [-0.15, -0.1) is 0 Å². The van der Waals surface area contributed by atoms with E-state index in [2.05, 4.69) is 6.58 Å². The summed E-state index contributed by atoms with van der Waals surface area (Å²) in [5.74, 6) is -1.11. The second-order valence-electron chi connectivity index (χ2n) is 3.19. The van der Waals surface area contributed by atoms with Crippen LogP contribution in [0.5, 0.6) is 0 Å². The van der Waals surface area contributed by atoms with E-state index in [0.29, 0.717) is 5.56 Å². The molecule has 0 heterocycles. The molecule has 0 aromatic heterocycles. The number of rotatable bonds is 5. The second-order valence-corrected chi connectivity index (χ2v) is 4.91. The molecule has 0 bridgehead atoms. The maximum Gasteiger partial charge on any atom is 0.265 e. The molecule has 0 radical (unpaired) electrons. The summed E-state index contributed by atoms with van der Waals surface area (Å²) in [6.45, 7) is 3.22. The van der Waals surface area contributed by atoms with Crippen LogP contribution >= 0.6 is 0 Å². The monoisotopic (exact) mass is 240 g/mol. The van der Waals surface area contributed by atoms with Crippen molar-refractivity contribution in [1.29, 1.82) is 0 Å². The van der Waals surface area contributed by atoms with Gasteiger partial charge >= 0.3 is 0 Å². The van der Waals surface area contributed by atoms with Crippen molar-refractivity contribution in [3.8, 4) is 0 Å². The van der Waals surface area contributed by atoms with Crippen molar-refractivity contribution < 1.29 is 13.2 Å². The van der Waals surface area contributed by atoms with E-state index >= 15 is 0 Å². The highest BCUT2D eigenvalue weighted by Gasteiger charge is 2.14. The Balaban J connectivity index is 2.74. The molecule has 0 aliphatic carbocycles. The zero-order chi connectivity index (χ0) is 12.2. The molecule has 0 spiro atoms. The van der Waals surface area contributed by atoms with Crippen molar-refractivity contribution in [3.63, 3.8) is 0 Å². The molecule has 1 aromatic carbocycles. The average Bonchev–Trinajstić information content (AvgIpc) is 2.17. The van der Waals surface area contributed by atoms with Crippen LogP contribution in [0.3, 0.4) is 0 Å². The Morgan fingerprint density at radius 2 is 1.88 bits per heavy atom. The number of carbonyl (C=O) groups excluding carboxylic acids is 1. The standard InChI is InChI=1S/C10H12N2O3S/c1-8(10(11)13)12-16(14,15)7-9-5-3-2-4-6-9/h2-6,12H,1,7H2,(H2,11,13). The first kappa shape index (κ1) is 12.3. The number of carbonyl (C=O) groups is 1. The van der Waals surface area contributed by atoms with Gasteiger partial charge in [0.25, 0.3) is 5.91 Å². The fraction of sp³-hybridized carbons (Fsp3) is 0.100. The van der Waals surface area contributed by atoms with E-state index in [1.165, 1.54) is 0 Å². The molecule has 3 N–H and O–H groups in total. The fourth-order valence-electron chi connectivity index (χ4n) is 1.07. The van der Waals surface area contributed by atoms with Gasteiger partial charge in [0.2, 0.25) is 10.0 Å². The molecular formula is C10H12N2O3S. The molecule has 0 unspecified atom stereocenters. The number of hydrogen-bond acceptors (Lipinski definition) is 3. The topological polar surface area (TPSA) is 89.3 Å². The predicted octanol–water partition coefficient (Wildman–Crippen LogP) is 0.105. The molecule has 1 amide bonds. The van der Waals surface area contributed by atoms with Gasteiger partial charge < -0.3 is 5.73 Å². The third kappa shape index (κ3) is 3.74. The minimum absolute atomic E-state index is 0.222. The number of benzene rings is 1. The third-order valence-electron chi connectivity index (χ3n) is 1.78. The van der Waals surface area contributed by atoms with Crippen LogP contribution in [-0.2, 0) is 20.6 Å². The fourth-order valence-corrected chi connectivity index (χ4v) is 2.25. The number of sulfonamides is 1. The normalized spacial score (nSPS) is 10.8. The Kier molecular flexibility index (Phi) is 3.68. The number of nitrogens with one attached hydrogen (secondary N) is 1. The molecule has 0 aliphatic heterocycles. The van der Waals surface area contributed by atoms with Crippen molar-refractivity contribution in [2.75, 3.05) is 0 Å². The van der Waals surface area contributed by atoms with Gasteiger partial charge in [-0.05, 0) is 5.56 Å². The summed E-state index contributed by atoms with van der Waals surface area (Å²) in [7, 11) is -3.63. The minimum atomic E-state index is -3.63. The lowest BCUT2D eigenvalue weighted by Gasteiger charge is -2.07. The molecule has 0 saturated carbocycles. The lowest BCUT2D eigenvalue weighted by atomic mass is 10.2. The van der Waals surface area contributed by atoms with Gasteiger partial charge in [0.05, 0.1) is 5.75 Å². The van der Waals surface area contributed by atoms with Gasteiger partial charge in [-0.2, -0.15) is 0 Å². The Morgan fingerprint density at radius 1 is 1.31 bits per heavy atom. The Hall–Kier alpha value is -1.82. The first-order valence-electron chi connectivity index (χ1n) is 4.44. The summed E-state index contributed by atoms with van der Waals surface area (Å²) in [6, 6.07) is 8.59. The van der Waals surface area contributed by atoms with Gasteiger partial charge in [0, 0.05) is 0 Å². The van der Waals surface area contributed by atoms with Crippen LogP contribution in [0.25, 0.3) is 0 Å². The van der Waals surface area contributed by atoms with Gasteiger partial charge in [-0.3, -0.25) is 9.52 Å². The van der Waals surface area contributed by atoms with E-state index in [9.17, 15) is 13.2 Å². The summed E-state index contributed by atoms with van der Waals surface area (Å²) in [6.07, 6.45) is 0. The Morgan fingerprint density at radius 3 is 2.38 bits per heavy atom. The summed E-state index contributed by atoms with van der Waals surface area (Å²) < 4.78 is 25.1. The first-order valence-corrected chi connectivity index (χ1v) is 6.09. The van der Waals surface area contributed by atoms with E-state index in [-0.39, 0.29) is 11.4 Å². The molecule has 5 nitrogen and oxygen atoms in total. The summed E-state index contributed by atoms with van der Waals surface area (Å²) in [5, 5.41) is 0. The van der Waals surface area contributed by atoms with E-state index in [0.717, 1.165) is 0 Å². The van der Waals surface area contributed by atoms with Crippen LogP contribution in [0, 0.1) is 0 Å². The van der Waals surface area contributed by atoms with Crippen molar-refractivity contribution in [1.82, 2.24) is 4.72 Å².